The largest absolute Gasteiger partial charge is 0.493 e. The normalized spacial score (nSPS) is 10.2. The Balaban J connectivity index is 3.01. The van der Waals surface area contributed by atoms with Crippen LogP contribution in [0.5, 0.6) is 11.5 Å². The number of hydrogen-bond donors (Lipinski definition) is 0. The third kappa shape index (κ3) is 4.04. The lowest BCUT2D eigenvalue weighted by molar-refractivity contribution is 0.0793. The first-order valence-corrected chi connectivity index (χ1v) is 7.18. The van der Waals surface area contributed by atoms with E-state index >= 15 is 0 Å². The van der Waals surface area contributed by atoms with E-state index in [2.05, 4.69) is 6.92 Å². The maximum atomic E-state index is 12.3. The summed E-state index contributed by atoms with van der Waals surface area (Å²) in [7, 11) is 3.32. The molecule has 0 radical (unpaired) electrons. The molecule has 5 heteroatoms. The molecule has 0 saturated heterocycles. The number of ether oxygens (including phenoxy) is 2. The Morgan fingerprint density at radius 3 is 2.60 bits per heavy atom. The number of nitrogens with zero attached hydrogens (tertiary/aromatic N) is 1. The molecule has 0 spiro atoms. The van der Waals surface area contributed by atoms with E-state index in [0.29, 0.717) is 28.7 Å². The number of hydrogen-bond acceptors (Lipinski definition) is 3. The Morgan fingerprint density at radius 2 is 2.05 bits per heavy atom. The van der Waals surface area contributed by atoms with Crippen molar-refractivity contribution in [2.45, 2.75) is 26.7 Å². The summed E-state index contributed by atoms with van der Waals surface area (Å²) in [5, 5.41) is 0.387. The van der Waals surface area contributed by atoms with E-state index < -0.39 is 0 Å². The number of carbonyl (C=O) groups is 1. The molecule has 4 nitrogen and oxygen atoms in total. The van der Waals surface area contributed by atoms with Crippen LogP contribution in [0, 0.1) is 0 Å². The average Bonchev–Trinajstić information content (AvgIpc) is 2.45. The molecule has 0 atom stereocenters. The third-order valence-corrected chi connectivity index (χ3v) is 3.24. The summed E-state index contributed by atoms with van der Waals surface area (Å²) in [6.07, 6.45) is 2.02. The lowest BCUT2D eigenvalue weighted by Gasteiger charge is -2.18. The minimum absolute atomic E-state index is 0.0679. The Labute approximate surface area is 125 Å². The highest BCUT2D eigenvalue weighted by atomic mass is 35.5. The molecule has 0 unspecified atom stereocenters. The number of amides is 1. The fourth-order valence-electron chi connectivity index (χ4n) is 1.84. The van der Waals surface area contributed by atoms with E-state index in [9.17, 15) is 4.79 Å². The zero-order chi connectivity index (χ0) is 15.1. The van der Waals surface area contributed by atoms with Gasteiger partial charge in [0.1, 0.15) is 0 Å². The van der Waals surface area contributed by atoms with Crippen molar-refractivity contribution < 1.29 is 14.3 Å². The molecule has 0 aliphatic rings. The molecular weight excluding hydrogens is 278 g/mol. The standard InChI is InChI=1S/C15H22ClNO3/c1-5-7-8-17(3)15(18)11-9-12(16)14(20-6-2)13(10-11)19-4/h9-10H,5-8H2,1-4H3. The number of rotatable bonds is 7. The van der Waals surface area contributed by atoms with Gasteiger partial charge in [0.05, 0.1) is 18.7 Å². The van der Waals surface area contributed by atoms with Gasteiger partial charge in [-0.05, 0) is 25.5 Å². The van der Waals surface area contributed by atoms with Crippen LogP contribution in [0.3, 0.4) is 0 Å². The zero-order valence-electron chi connectivity index (χ0n) is 12.5. The van der Waals surface area contributed by atoms with Gasteiger partial charge in [0.2, 0.25) is 0 Å². The van der Waals surface area contributed by atoms with Gasteiger partial charge in [0, 0.05) is 19.2 Å². The van der Waals surface area contributed by atoms with Gasteiger partial charge in [-0.15, -0.1) is 0 Å². The minimum atomic E-state index is -0.0679. The van der Waals surface area contributed by atoms with Crippen molar-refractivity contribution in [3.63, 3.8) is 0 Å². The van der Waals surface area contributed by atoms with Gasteiger partial charge >= 0.3 is 0 Å². The Hall–Kier alpha value is -1.42. The molecule has 1 aromatic carbocycles. The first-order valence-electron chi connectivity index (χ1n) is 6.80. The average molecular weight is 300 g/mol. The molecule has 0 aliphatic carbocycles. The van der Waals surface area contributed by atoms with E-state index in [1.807, 2.05) is 6.92 Å². The molecule has 20 heavy (non-hydrogen) atoms. The van der Waals surface area contributed by atoms with Crippen molar-refractivity contribution >= 4 is 17.5 Å². The number of methoxy groups -OCH3 is 1. The summed E-state index contributed by atoms with van der Waals surface area (Å²) in [4.78, 5) is 14.0. The Bertz CT molecular complexity index is 463. The van der Waals surface area contributed by atoms with Crippen molar-refractivity contribution in [2.75, 3.05) is 27.3 Å². The van der Waals surface area contributed by atoms with E-state index in [-0.39, 0.29) is 5.91 Å². The highest BCUT2D eigenvalue weighted by Crippen LogP contribution is 2.36. The number of carbonyl (C=O) groups excluding carboxylic acids is 1. The first kappa shape index (κ1) is 16.6. The fraction of sp³-hybridized carbons (Fsp3) is 0.533. The second-order valence-electron chi connectivity index (χ2n) is 4.50. The smallest absolute Gasteiger partial charge is 0.253 e. The lowest BCUT2D eigenvalue weighted by atomic mass is 10.1. The van der Waals surface area contributed by atoms with Gasteiger partial charge in [-0.2, -0.15) is 0 Å². The molecule has 0 bridgehead atoms. The minimum Gasteiger partial charge on any atom is -0.493 e. The molecule has 0 fully saturated rings. The predicted octanol–water partition coefficient (Wildman–Crippen LogP) is 3.62. The lowest BCUT2D eigenvalue weighted by Crippen LogP contribution is -2.27. The zero-order valence-corrected chi connectivity index (χ0v) is 13.3. The summed E-state index contributed by atoms with van der Waals surface area (Å²) in [5.41, 5.74) is 0.508. The molecule has 0 heterocycles. The van der Waals surface area contributed by atoms with Gasteiger partial charge in [-0.3, -0.25) is 4.79 Å². The van der Waals surface area contributed by atoms with E-state index in [1.165, 1.54) is 7.11 Å². The summed E-state index contributed by atoms with van der Waals surface area (Å²) in [6.45, 7) is 5.17. The van der Waals surface area contributed by atoms with Gasteiger partial charge in [0.25, 0.3) is 5.91 Å². The Morgan fingerprint density at radius 1 is 1.35 bits per heavy atom. The molecule has 112 valence electrons. The first-order chi connectivity index (χ1) is 9.54. The van der Waals surface area contributed by atoms with Crippen LogP contribution in [0.15, 0.2) is 12.1 Å². The van der Waals surface area contributed by atoms with Crippen LogP contribution in [0.2, 0.25) is 5.02 Å². The maximum absolute atomic E-state index is 12.3. The van der Waals surface area contributed by atoms with Crippen LogP contribution in [-0.2, 0) is 0 Å². The van der Waals surface area contributed by atoms with Gasteiger partial charge in [-0.1, -0.05) is 24.9 Å². The van der Waals surface area contributed by atoms with Crippen molar-refractivity contribution in [3.8, 4) is 11.5 Å². The summed E-state index contributed by atoms with van der Waals surface area (Å²) >= 11 is 6.17. The monoisotopic (exact) mass is 299 g/mol. The third-order valence-electron chi connectivity index (χ3n) is 2.96. The SMILES string of the molecule is CCCCN(C)C(=O)c1cc(Cl)c(OCC)c(OC)c1. The highest BCUT2D eigenvalue weighted by molar-refractivity contribution is 6.32. The molecular formula is C15H22ClNO3. The quantitative estimate of drug-likeness (QED) is 0.772. The van der Waals surface area contributed by atoms with E-state index in [1.54, 1.807) is 24.1 Å². The maximum Gasteiger partial charge on any atom is 0.253 e. The predicted molar refractivity (Wildman–Crippen MR) is 81.0 cm³/mol. The molecule has 0 N–H and O–H groups in total. The van der Waals surface area contributed by atoms with Crippen molar-refractivity contribution in [1.29, 1.82) is 0 Å². The van der Waals surface area contributed by atoms with Crippen LogP contribution in [0.1, 0.15) is 37.0 Å². The molecule has 1 amide bonds. The number of unbranched alkanes of at least 4 members (excludes halogenated alkanes) is 1. The van der Waals surface area contributed by atoms with Crippen molar-refractivity contribution in [3.05, 3.63) is 22.7 Å². The molecule has 1 aromatic rings. The van der Waals surface area contributed by atoms with Crippen LogP contribution >= 0.6 is 11.6 Å². The van der Waals surface area contributed by atoms with Crippen LogP contribution in [0.25, 0.3) is 0 Å². The van der Waals surface area contributed by atoms with Crippen LogP contribution in [0.4, 0.5) is 0 Å². The topological polar surface area (TPSA) is 38.8 Å². The highest BCUT2D eigenvalue weighted by Gasteiger charge is 2.17. The van der Waals surface area contributed by atoms with Crippen molar-refractivity contribution in [2.24, 2.45) is 0 Å². The summed E-state index contributed by atoms with van der Waals surface area (Å²) < 4.78 is 10.7. The number of halogens is 1. The summed E-state index contributed by atoms with van der Waals surface area (Å²) in [5.74, 6) is 0.887. The number of benzene rings is 1. The van der Waals surface area contributed by atoms with Gasteiger partial charge in [0.15, 0.2) is 11.5 Å². The second-order valence-corrected chi connectivity index (χ2v) is 4.91. The van der Waals surface area contributed by atoms with E-state index in [4.69, 9.17) is 21.1 Å². The van der Waals surface area contributed by atoms with Crippen molar-refractivity contribution in [1.82, 2.24) is 4.90 Å². The van der Waals surface area contributed by atoms with Crippen LogP contribution < -0.4 is 9.47 Å². The Kier molecular flexibility index (Phi) is 6.65. The molecule has 1 rings (SSSR count). The van der Waals surface area contributed by atoms with Gasteiger partial charge in [-0.25, -0.2) is 0 Å². The molecule has 0 saturated carbocycles. The van der Waals surface area contributed by atoms with E-state index in [0.717, 1.165) is 19.4 Å². The second kappa shape index (κ2) is 8.00. The van der Waals surface area contributed by atoms with Crippen LogP contribution in [-0.4, -0.2) is 38.1 Å². The van der Waals surface area contributed by atoms with Gasteiger partial charge < -0.3 is 14.4 Å². The summed E-state index contributed by atoms with van der Waals surface area (Å²) in [6, 6.07) is 3.29. The fourth-order valence-corrected chi connectivity index (χ4v) is 2.11. The molecule has 0 aromatic heterocycles. The molecule has 0 aliphatic heterocycles.